The van der Waals surface area contributed by atoms with E-state index in [0.29, 0.717) is 11.3 Å². The summed E-state index contributed by atoms with van der Waals surface area (Å²) < 4.78 is 4.50. The number of nitrogens with zero attached hydrogens (tertiary/aromatic N) is 1. The first-order valence-electron chi connectivity index (χ1n) is 8.00. The van der Waals surface area contributed by atoms with Crippen molar-refractivity contribution in [2.75, 3.05) is 12.4 Å². The quantitative estimate of drug-likeness (QED) is 0.493. The molecule has 1 aliphatic rings. The number of carbonyl (C=O) groups is 2. The van der Waals surface area contributed by atoms with Crippen LogP contribution in [0, 0.1) is 11.3 Å². The van der Waals surface area contributed by atoms with E-state index in [1.165, 1.54) is 19.7 Å². The Morgan fingerprint density at radius 3 is 2.71 bits per heavy atom. The number of anilines is 1. The third-order valence-corrected chi connectivity index (χ3v) is 3.97. The maximum atomic E-state index is 12.3. The number of nitrogens with one attached hydrogen (secondary N) is 2. The summed E-state index contributed by atoms with van der Waals surface area (Å²) in [5.74, 6) is -0.820. The van der Waals surface area contributed by atoms with Crippen molar-refractivity contribution in [1.82, 2.24) is 5.32 Å². The van der Waals surface area contributed by atoms with Gasteiger partial charge in [0.25, 0.3) is 5.91 Å². The highest BCUT2D eigenvalue weighted by molar-refractivity contribution is 5.95. The second-order valence-corrected chi connectivity index (χ2v) is 5.69. The van der Waals surface area contributed by atoms with Gasteiger partial charge in [0, 0.05) is 23.5 Å². The third-order valence-electron chi connectivity index (χ3n) is 3.97. The lowest BCUT2D eigenvalue weighted by Gasteiger charge is -2.22. The number of hydrogen-bond acceptors (Lipinski definition) is 5. The first-order chi connectivity index (χ1) is 11.6. The van der Waals surface area contributed by atoms with E-state index in [1.54, 1.807) is 30.3 Å². The molecule has 24 heavy (non-hydrogen) atoms. The summed E-state index contributed by atoms with van der Waals surface area (Å²) in [4.78, 5) is 23.7. The zero-order chi connectivity index (χ0) is 17.4. The Morgan fingerprint density at radius 2 is 2.04 bits per heavy atom. The molecular formula is C18H21N3O3. The summed E-state index contributed by atoms with van der Waals surface area (Å²) >= 11 is 0. The van der Waals surface area contributed by atoms with Crippen molar-refractivity contribution in [2.45, 2.75) is 38.1 Å². The van der Waals surface area contributed by atoms with Gasteiger partial charge in [-0.3, -0.25) is 4.79 Å². The number of hydrogen-bond donors (Lipinski definition) is 2. The Hall–Kier alpha value is -2.81. The number of ether oxygens (including phenoxy) is 1. The molecule has 1 amide bonds. The molecule has 126 valence electrons. The van der Waals surface area contributed by atoms with Crippen LogP contribution >= 0.6 is 0 Å². The lowest BCUT2D eigenvalue weighted by atomic mass is 9.95. The molecule has 1 aliphatic carbocycles. The van der Waals surface area contributed by atoms with E-state index in [2.05, 4.69) is 15.4 Å². The van der Waals surface area contributed by atoms with Crippen molar-refractivity contribution in [3.8, 4) is 6.07 Å². The van der Waals surface area contributed by atoms with Crippen molar-refractivity contribution in [3.63, 3.8) is 0 Å². The van der Waals surface area contributed by atoms with Crippen molar-refractivity contribution in [2.24, 2.45) is 0 Å². The molecule has 0 radical (unpaired) electrons. The second kappa shape index (κ2) is 8.73. The van der Waals surface area contributed by atoms with Crippen LogP contribution in [0.15, 0.2) is 36.0 Å². The maximum absolute atomic E-state index is 12.3. The van der Waals surface area contributed by atoms with Crippen molar-refractivity contribution in [3.05, 3.63) is 41.6 Å². The van der Waals surface area contributed by atoms with Gasteiger partial charge in [-0.25, -0.2) is 4.79 Å². The number of carbonyl (C=O) groups excluding carboxylic acids is 2. The zero-order valence-corrected chi connectivity index (χ0v) is 13.7. The topological polar surface area (TPSA) is 91.2 Å². The standard InChI is InChI=1S/C18H21N3O3/c1-24-18(23)14(11-19)12-20-16-9-5-6-13(10-16)17(22)21-15-7-3-2-4-8-15/h5-6,9-10,12,15,20H,2-4,7-8H2,1H3,(H,21,22)/b14-12-. The molecule has 0 bridgehead atoms. The Balaban J connectivity index is 2.02. The van der Waals surface area contributed by atoms with E-state index in [9.17, 15) is 9.59 Å². The third kappa shape index (κ3) is 4.85. The van der Waals surface area contributed by atoms with E-state index in [-0.39, 0.29) is 17.5 Å². The van der Waals surface area contributed by atoms with Crippen LogP contribution in [0.2, 0.25) is 0 Å². The van der Waals surface area contributed by atoms with E-state index in [4.69, 9.17) is 5.26 Å². The first kappa shape index (κ1) is 17.5. The minimum Gasteiger partial charge on any atom is -0.465 e. The number of rotatable bonds is 5. The van der Waals surface area contributed by atoms with Crippen molar-refractivity contribution in [1.29, 1.82) is 5.26 Å². The Bertz CT molecular complexity index is 670. The van der Waals surface area contributed by atoms with Crippen LogP contribution in [0.5, 0.6) is 0 Å². The highest BCUT2D eigenvalue weighted by Gasteiger charge is 2.16. The Kier molecular flexibility index (Phi) is 6.38. The summed E-state index contributed by atoms with van der Waals surface area (Å²) in [7, 11) is 1.21. The van der Waals surface area contributed by atoms with Crippen LogP contribution in [0.25, 0.3) is 0 Å². The van der Waals surface area contributed by atoms with Crippen LogP contribution in [0.1, 0.15) is 42.5 Å². The predicted molar refractivity (Wildman–Crippen MR) is 90.1 cm³/mol. The van der Waals surface area contributed by atoms with Gasteiger partial charge in [-0.05, 0) is 31.0 Å². The van der Waals surface area contributed by atoms with Crippen LogP contribution in [0.4, 0.5) is 5.69 Å². The van der Waals surface area contributed by atoms with Gasteiger partial charge in [0.05, 0.1) is 7.11 Å². The van der Waals surface area contributed by atoms with Gasteiger partial charge in [0.2, 0.25) is 0 Å². The molecule has 0 aliphatic heterocycles. The molecule has 6 nitrogen and oxygen atoms in total. The SMILES string of the molecule is COC(=O)/C(C#N)=C\Nc1cccc(C(=O)NC2CCCCC2)c1. The van der Waals surface area contributed by atoms with E-state index in [1.807, 2.05) is 0 Å². The highest BCUT2D eigenvalue weighted by Crippen LogP contribution is 2.18. The molecule has 1 fully saturated rings. The Morgan fingerprint density at radius 1 is 1.29 bits per heavy atom. The van der Waals surface area contributed by atoms with Crippen molar-refractivity contribution < 1.29 is 14.3 Å². The lowest BCUT2D eigenvalue weighted by molar-refractivity contribution is -0.135. The number of benzene rings is 1. The van der Waals surface area contributed by atoms with Gasteiger partial charge in [-0.1, -0.05) is 25.3 Å². The van der Waals surface area contributed by atoms with Gasteiger partial charge in [0.15, 0.2) is 5.57 Å². The normalized spacial score (nSPS) is 15.2. The molecule has 1 aromatic rings. The predicted octanol–water partition coefficient (Wildman–Crippen LogP) is 2.74. The summed E-state index contributed by atoms with van der Waals surface area (Å²) in [6, 6.07) is 8.91. The number of nitriles is 1. The van der Waals surface area contributed by atoms with E-state index in [0.717, 1.165) is 25.7 Å². The van der Waals surface area contributed by atoms with Crippen LogP contribution in [0.3, 0.4) is 0 Å². The number of amides is 1. The summed E-state index contributed by atoms with van der Waals surface area (Å²) in [6.07, 6.45) is 6.86. The fraction of sp³-hybridized carbons (Fsp3) is 0.389. The Labute approximate surface area is 141 Å². The minimum absolute atomic E-state index is 0.108. The molecular weight excluding hydrogens is 306 g/mol. The molecule has 6 heteroatoms. The maximum Gasteiger partial charge on any atom is 0.350 e. The monoisotopic (exact) mass is 327 g/mol. The molecule has 0 heterocycles. The average molecular weight is 327 g/mol. The number of esters is 1. The molecule has 2 rings (SSSR count). The fourth-order valence-corrected chi connectivity index (χ4v) is 2.67. The van der Waals surface area contributed by atoms with Gasteiger partial charge in [0.1, 0.15) is 6.07 Å². The smallest absolute Gasteiger partial charge is 0.350 e. The first-order valence-corrected chi connectivity index (χ1v) is 8.00. The van der Waals surface area contributed by atoms with E-state index < -0.39 is 5.97 Å². The van der Waals surface area contributed by atoms with Gasteiger partial charge < -0.3 is 15.4 Å². The lowest BCUT2D eigenvalue weighted by Crippen LogP contribution is -2.36. The summed E-state index contributed by atoms with van der Waals surface area (Å²) in [6.45, 7) is 0. The molecule has 0 saturated heterocycles. The van der Waals surface area contributed by atoms with Crippen LogP contribution in [-0.2, 0) is 9.53 Å². The van der Waals surface area contributed by atoms with Crippen molar-refractivity contribution >= 4 is 17.6 Å². The number of methoxy groups -OCH3 is 1. The van der Waals surface area contributed by atoms with Gasteiger partial charge in [-0.2, -0.15) is 5.26 Å². The molecule has 0 atom stereocenters. The largest absolute Gasteiger partial charge is 0.465 e. The highest BCUT2D eigenvalue weighted by atomic mass is 16.5. The molecule has 0 aromatic heterocycles. The fourth-order valence-electron chi connectivity index (χ4n) is 2.67. The zero-order valence-electron chi connectivity index (χ0n) is 13.7. The van der Waals surface area contributed by atoms with Gasteiger partial charge in [-0.15, -0.1) is 0 Å². The molecule has 0 unspecified atom stereocenters. The average Bonchev–Trinajstić information content (AvgIpc) is 2.63. The second-order valence-electron chi connectivity index (χ2n) is 5.69. The minimum atomic E-state index is -0.712. The molecule has 1 aromatic carbocycles. The molecule has 2 N–H and O–H groups in total. The molecule has 0 spiro atoms. The molecule has 1 saturated carbocycles. The van der Waals surface area contributed by atoms with E-state index >= 15 is 0 Å². The summed E-state index contributed by atoms with van der Waals surface area (Å²) in [5, 5.41) is 14.8. The summed E-state index contributed by atoms with van der Waals surface area (Å²) in [5.41, 5.74) is 1.01. The van der Waals surface area contributed by atoms with Gasteiger partial charge >= 0.3 is 5.97 Å². The van der Waals surface area contributed by atoms with Crippen LogP contribution in [-0.4, -0.2) is 25.0 Å². The van der Waals surface area contributed by atoms with Crippen LogP contribution < -0.4 is 10.6 Å².